The molecule has 0 spiro atoms. The monoisotopic (exact) mass is 381 g/mol. The second-order valence-electron chi connectivity index (χ2n) is 7.53. The third-order valence-electron chi connectivity index (χ3n) is 5.55. The van der Waals surface area contributed by atoms with Crippen molar-refractivity contribution in [3.63, 3.8) is 0 Å². The number of nitrogens with one attached hydrogen (secondary N) is 2. The van der Waals surface area contributed by atoms with Gasteiger partial charge >= 0.3 is 0 Å². The first-order valence-corrected chi connectivity index (χ1v) is 9.89. The van der Waals surface area contributed by atoms with Crippen LogP contribution in [0.3, 0.4) is 0 Å². The normalized spacial score (nSPS) is 19.2. The van der Waals surface area contributed by atoms with Crippen molar-refractivity contribution in [2.24, 2.45) is 0 Å². The Labute approximate surface area is 165 Å². The lowest BCUT2D eigenvalue weighted by molar-refractivity contribution is -0.117. The van der Waals surface area contributed by atoms with E-state index in [1.54, 1.807) is 0 Å². The standard InChI is InChI=1S/C20H27N7O/c1-13-17-18(26(3)14(2)19(28)24-17)25-20(23-13)22-12-15-7-8-21-16(11-15)27-9-5-4-6-10-27/h7-8,11,14H,4-6,9-10,12H2,1-3H3,(H,24,28)(H,22,23,25). The van der Waals surface area contributed by atoms with E-state index in [2.05, 4.69) is 36.6 Å². The summed E-state index contributed by atoms with van der Waals surface area (Å²) in [6, 6.07) is 3.89. The van der Waals surface area contributed by atoms with Gasteiger partial charge in [-0.25, -0.2) is 9.97 Å². The highest BCUT2D eigenvalue weighted by Crippen LogP contribution is 2.32. The maximum Gasteiger partial charge on any atom is 0.246 e. The third-order valence-corrected chi connectivity index (χ3v) is 5.55. The van der Waals surface area contributed by atoms with Gasteiger partial charge in [-0.05, 0) is 50.8 Å². The second-order valence-corrected chi connectivity index (χ2v) is 7.53. The summed E-state index contributed by atoms with van der Waals surface area (Å²) in [5, 5.41) is 6.23. The van der Waals surface area contributed by atoms with Crippen LogP contribution >= 0.6 is 0 Å². The van der Waals surface area contributed by atoms with E-state index in [4.69, 9.17) is 0 Å². The molecule has 4 rings (SSSR count). The Kier molecular flexibility index (Phi) is 5.02. The number of likely N-dealkylation sites (N-methyl/N-ethyl adjacent to an activating group) is 1. The van der Waals surface area contributed by atoms with E-state index < -0.39 is 0 Å². The summed E-state index contributed by atoms with van der Waals surface area (Å²) in [6.45, 7) is 6.52. The number of piperidine rings is 1. The van der Waals surface area contributed by atoms with E-state index in [0.29, 0.717) is 18.2 Å². The maximum atomic E-state index is 12.0. The molecule has 2 aliphatic rings. The van der Waals surface area contributed by atoms with Gasteiger partial charge in [-0.3, -0.25) is 4.79 Å². The zero-order valence-corrected chi connectivity index (χ0v) is 16.7. The molecule has 4 heterocycles. The minimum atomic E-state index is -0.262. The molecule has 1 atom stereocenters. The van der Waals surface area contributed by atoms with Gasteiger partial charge in [-0.2, -0.15) is 4.98 Å². The number of aromatic nitrogens is 3. The number of carbonyl (C=O) groups is 1. The molecule has 2 N–H and O–H groups in total. The average Bonchev–Trinajstić information content (AvgIpc) is 2.72. The Morgan fingerprint density at radius 2 is 2.04 bits per heavy atom. The first-order valence-electron chi connectivity index (χ1n) is 9.89. The summed E-state index contributed by atoms with van der Waals surface area (Å²) in [5.41, 5.74) is 2.58. The fourth-order valence-electron chi connectivity index (χ4n) is 3.67. The molecule has 0 aromatic carbocycles. The molecule has 148 valence electrons. The minimum Gasteiger partial charge on any atom is -0.357 e. The summed E-state index contributed by atoms with van der Waals surface area (Å²) >= 11 is 0. The SMILES string of the molecule is Cc1nc(NCc2ccnc(N3CCCCC3)c2)nc2c1NC(=O)C(C)N2C. The molecule has 1 unspecified atom stereocenters. The number of hydrogen-bond acceptors (Lipinski definition) is 7. The fourth-order valence-corrected chi connectivity index (χ4v) is 3.67. The van der Waals surface area contributed by atoms with Crippen LogP contribution in [0.4, 0.5) is 23.3 Å². The summed E-state index contributed by atoms with van der Waals surface area (Å²) < 4.78 is 0. The molecule has 0 aliphatic carbocycles. The molecule has 8 nitrogen and oxygen atoms in total. The first kappa shape index (κ1) is 18.5. The number of carbonyl (C=O) groups excluding carboxylic acids is 1. The zero-order chi connectivity index (χ0) is 19.7. The second kappa shape index (κ2) is 7.61. The summed E-state index contributed by atoms with van der Waals surface area (Å²) in [7, 11) is 1.88. The van der Waals surface area contributed by atoms with Crippen LogP contribution in [0.15, 0.2) is 18.3 Å². The lowest BCUT2D eigenvalue weighted by atomic mass is 10.1. The number of pyridine rings is 1. The molecule has 0 saturated carbocycles. The van der Waals surface area contributed by atoms with Crippen molar-refractivity contribution in [3.8, 4) is 0 Å². The fraction of sp³-hybridized carbons (Fsp3) is 0.500. The number of rotatable bonds is 4. The number of fused-ring (bicyclic) bond motifs is 1. The lowest BCUT2D eigenvalue weighted by Crippen LogP contribution is -2.44. The third kappa shape index (κ3) is 3.58. The predicted molar refractivity (Wildman–Crippen MR) is 111 cm³/mol. The van der Waals surface area contributed by atoms with Crippen molar-refractivity contribution >= 4 is 29.2 Å². The van der Waals surface area contributed by atoms with Gasteiger partial charge in [-0.1, -0.05) is 0 Å². The molecule has 1 amide bonds. The Bertz CT molecular complexity index is 879. The topological polar surface area (TPSA) is 86.3 Å². The molecule has 2 aromatic heterocycles. The van der Waals surface area contributed by atoms with Gasteiger partial charge < -0.3 is 20.4 Å². The van der Waals surface area contributed by atoms with Gasteiger partial charge in [0.2, 0.25) is 11.9 Å². The molecular weight excluding hydrogens is 354 g/mol. The van der Waals surface area contributed by atoms with Crippen LogP contribution in [0.5, 0.6) is 0 Å². The number of amides is 1. The van der Waals surface area contributed by atoms with Crippen LogP contribution in [0.25, 0.3) is 0 Å². The Morgan fingerprint density at radius 1 is 1.25 bits per heavy atom. The van der Waals surface area contributed by atoms with E-state index in [9.17, 15) is 4.79 Å². The minimum absolute atomic E-state index is 0.0376. The van der Waals surface area contributed by atoms with E-state index in [1.165, 1.54) is 19.3 Å². The van der Waals surface area contributed by atoms with E-state index >= 15 is 0 Å². The van der Waals surface area contributed by atoms with E-state index in [0.717, 1.165) is 36.0 Å². The van der Waals surface area contributed by atoms with Gasteiger partial charge in [0, 0.05) is 32.9 Å². The largest absolute Gasteiger partial charge is 0.357 e. The first-order chi connectivity index (χ1) is 13.5. The predicted octanol–water partition coefficient (Wildman–Crippen LogP) is 2.56. The van der Waals surface area contributed by atoms with Gasteiger partial charge in [0.05, 0.1) is 5.69 Å². The molecule has 28 heavy (non-hydrogen) atoms. The van der Waals surface area contributed by atoms with Crippen molar-refractivity contribution in [3.05, 3.63) is 29.6 Å². The smallest absolute Gasteiger partial charge is 0.246 e. The molecule has 1 saturated heterocycles. The summed E-state index contributed by atoms with van der Waals surface area (Å²) in [6.07, 6.45) is 5.63. The van der Waals surface area contributed by atoms with Crippen molar-refractivity contribution in [1.29, 1.82) is 0 Å². The van der Waals surface area contributed by atoms with Crippen molar-refractivity contribution in [2.45, 2.75) is 45.7 Å². The van der Waals surface area contributed by atoms with Gasteiger partial charge in [0.15, 0.2) is 5.82 Å². The van der Waals surface area contributed by atoms with Crippen LogP contribution in [0, 0.1) is 6.92 Å². The van der Waals surface area contributed by atoms with Gasteiger partial charge in [-0.15, -0.1) is 0 Å². The molecule has 0 bridgehead atoms. The number of hydrogen-bond donors (Lipinski definition) is 2. The lowest BCUT2D eigenvalue weighted by Gasteiger charge is -2.32. The van der Waals surface area contributed by atoms with Crippen molar-refractivity contribution < 1.29 is 4.79 Å². The van der Waals surface area contributed by atoms with E-state index in [-0.39, 0.29) is 11.9 Å². The van der Waals surface area contributed by atoms with E-state index in [1.807, 2.05) is 38.1 Å². The van der Waals surface area contributed by atoms with Crippen LogP contribution < -0.4 is 20.4 Å². The Hall–Kier alpha value is -2.90. The quantitative estimate of drug-likeness (QED) is 0.842. The molecular formula is C20H27N7O. The summed E-state index contributed by atoms with van der Waals surface area (Å²) in [5.74, 6) is 2.30. The average molecular weight is 381 g/mol. The number of anilines is 4. The van der Waals surface area contributed by atoms with Crippen LogP contribution in [0.1, 0.15) is 37.4 Å². The molecule has 0 radical (unpaired) electrons. The van der Waals surface area contributed by atoms with Crippen molar-refractivity contribution in [2.75, 3.05) is 40.6 Å². The van der Waals surface area contributed by atoms with Crippen LogP contribution in [-0.2, 0) is 11.3 Å². The summed E-state index contributed by atoms with van der Waals surface area (Å²) in [4.78, 5) is 30.0. The molecule has 1 fully saturated rings. The molecule has 2 aromatic rings. The molecule has 8 heteroatoms. The highest BCUT2D eigenvalue weighted by atomic mass is 16.2. The highest BCUT2D eigenvalue weighted by molar-refractivity contribution is 6.03. The number of nitrogens with zero attached hydrogens (tertiary/aromatic N) is 5. The number of aryl methyl sites for hydroxylation is 1. The van der Waals surface area contributed by atoms with Gasteiger partial charge in [0.25, 0.3) is 0 Å². The maximum absolute atomic E-state index is 12.0. The highest BCUT2D eigenvalue weighted by Gasteiger charge is 2.30. The Balaban J connectivity index is 1.50. The van der Waals surface area contributed by atoms with Crippen LogP contribution in [-0.4, -0.2) is 47.0 Å². The van der Waals surface area contributed by atoms with Crippen molar-refractivity contribution in [1.82, 2.24) is 15.0 Å². The van der Waals surface area contributed by atoms with Crippen LogP contribution in [0.2, 0.25) is 0 Å². The van der Waals surface area contributed by atoms with Gasteiger partial charge in [0.1, 0.15) is 17.5 Å². The molecule has 2 aliphatic heterocycles. The zero-order valence-electron chi connectivity index (χ0n) is 16.7. The Morgan fingerprint density at radius 3 is 2.82 bits per heavy atom.